The number of carbonyl (C=O) groups excluding carboxylic acids is 1. The first kappa shape index (κ1) is 16.2. The highest BCUT2D eigenvalue weighted by molar-refractivity contribution is 9.10. The number of benzene rings is 1. The molecule has 0 aliphatic heterocycles. The molecule has 1 aromatic carbocycles. The van der Waals surface area contributed by atoms with E-state index in [4.69, 9.17) is 0 Å². The third kappa shape index (κ3) is 4.68. The maximum absolute atomic E-state index is 12.1. The Hall–Kier alpha value is -1.13. The fraction of sp³-hybridized carbons (Fsp3) is 0.471. The summed E-state index contributed by atoms with van der Waals surface area (Å²) in [5.74, 6) is 0.539. The lowest BCUT2D eigenvalue weighted by Crippen LogP contribution is -2.52. The first-order chi connectivity index (χ1) is 10.0. The molecule has 1 aliphatic carbocycles. The van der Waals surface area contributed by atoms with Gasteiger partial charge in [0, 0.05) is 10.5 Å². The van der Waals surface area contributed by atoms with Gasteiger partial charge in [0.25, 0.3) is 0 Å². The second-order valence-electron chi connectivity index (χ2n) is 6.00. The van der Waals surface area contributed by atoms with Crippen LogP contribution in [0.15, 0.2) is 34.8 Å². The second kappa shape index (κ2) is 7.23. The minimum absolute atomic E-state index is 0.0101. The lowest BCUT2D eigenvalue weighted by molar-refractivity contribution is -0.119. The number of hydrogen-bond donors (Lipinski definition) is 2. The average Bonchev–Trinajstić information content (AvgIpc) is 2.48. The molecule has 0 atom stereocenters. The Kier molecular flexibility index (Phi) is 5.59. The highest BCUT2D eigenvalue weighted by atomic mass is 79.9. The summed E-state index contributed by atoms with van der Waals surface area (Å²) >= 11 is 3.41. The minimum atomic E-state index is -0.439. The molecule has 114 valence electrons. The summed E-state index contributed by atoms with van der Waals surface area (Å²) in [7, 11) is 0. The summed E-state index contributed by atoms with van der Waals surface area (Å²) in [6.07, 6.45) is 7.13. The van der Waals surface area contributed by atoms with Gasteiger partial charge in [0.1, 0.15) is 0 Å². The van der Waals surface area contributed by atoms with Gasteiger partial charge in [-0.1, -0.05) is 35.0 Å². The van der Waals surface area contributed by atoms with Crippen molar-refractivity contribution in [2.75, 3.05) is 6.61 Å². The zero-order chi connectivity index (χ0) is 15.3. The SMILES string of the molecule is CC1CCC(CO)(NC(=O)C=Cc2cccc(Br)c2)CC1. The van der Waals surface area contributed by atoms with Crippen LogP contribution in [0.25, 0.3) is 6.08 Å². The van der Waals surface area contributed by atoms with Crippen LogP contribution in [0.5, 0.6) is 0 Å². The van der Waals surface area contributed by atoms with Crippen LogP contribution in [0.1, 0.15) is 38.2 Å². The van der Waals surface area contributed by atoms with Crippen LogP contribution >= 0.6 is 15.9 Å². The van der Waals surface area contributed by atoms with Gasteiger partial charge in [-0.15, -0.1) is 0 Å². The maximum atomic E-state index is 12.1. The molecule has 2 N–H and O–H groups in total. The first-order valence-corrected chi connectivity index (χ1v) is 8.19. The Morgan fingerprint density at radius 3 is 2.81 bits per heavy atom. The Labute approximate surface area is 134 Å². The Morgan fingerprint density at radius 1 is 1.48 bits per heavy atom. The number of rotatable bonds is 4. The quantitative estimate of drug-likeness (QED) is 0.815. The van der Waals surface area contributed by atoms with Crippen LogP contribution in [0, 0.1) is 5.92 Å². The van der Waals surface area contributed by atoms with Crippen LogP contribution in [-0.4, -0.2) is 23.2 Å². The van der Waals surface area contributed by atoms with Crippen molar-refractivity contribution in [3.63, 3.8) is 0 Å². The van der Waals surface area contributed by atoms with E-state index in [1.54, 1.807) is 6.08 Å². The van der Waals surface area contributed by atoms with Gasteiger partial charge >= 0.3 is 0 Å². The van der Waals surface area contributed by atoms with Crippen LogP contribution < -0.4 is 5.32 Å². The lowest BCUT2D eigenvalue weighted by Gasteiger charge is -2.38. The Bertz CT molecular complexity index is 519. The number of aliphatic hydroxyl groups excluding tert-OH is 1. The van der Waals surface area contributed by atoms with Crippen LogP contribution in [0.2, 0.25) is 0 Å². The average molecular weight is 352 g/mol. The predicted molar refractivity (Wildman–Crippen MR) is 88.8 cm³/mol. The van der Waals surface area contributed by atoms with Gasteiger partial charge in [-0.05, 0) is 55.4 Å². The summed E-state index contributed by atoms with van der Waals surface area (Å²) in [6.45, 7) is 2.23. The molecule has 0 aromatic heterocycles. The molecule has 3 nitrogen and oxygen atoms in total. The van der Waals surface area contributed by atoms with E-state index in [9.17, 15) is 9.90 Å². The molecule has 0 heterocycles. The molecular formula is C17H22BrNO2. The molecule has 2 rings (SSSR count). The van der Waals surface area contributed by atoms with Crippen LogP contribution in [-0.2, 0) is 4.79 Å². The van der Waals surface area contributed by atoms with Crippen molar-refractivity contribution in [3.8, 4) is 0 Å². The van der Waals surface area contributed by atoms with Gasteiger partial charge < -0.3 is 10.4 Å². The van der Waals surface area contributed by atoms with E-state index in [2.05, 4.69) is 28.2 Å². The van der Waals surface area contributed by atoms with E-state index < -0.39 is 5.54 Å². The van der Waals surface area contributed by atoms with Crippen molar-refractivity contribution in [3.05, 3.63) is 40.4 Å². The van der Waals surface area contributed by atoms with Crippen molar-refractivity contribution >= 4 is 27.9 Å². The van der Waals surface area contributed by atoms with E-state index in [1.807, 2.05) is 24.3 Å². The zero-order valence-electron chi connectivity index (χ0n) is 12.3. The third-order valence-electron chi connectivity index (χ3n) is 4.20. The monoisotopic (exact) mass is 351 g/mol. The van der Waals surface area contributed by atoms with Gasteiger partial charge in [0.15, 0.2) is 0 Å². The van der Waals surface area contributed by atoms with Gasteiger partial charge in [-0.25, -0.2) is 0 Å². The van der Waals surface area contributed by atoms with Crippen molar-refractivity contribution in [2.24, 2.45) is 5.92 Å². The highest BCUT2D eigenvalue weighted by Gasteiger charge is 2.34. The summed E-state index contributed by atoms with van der Waals surface area (Å²) in [4.78, 5) is 12.1. The molecular weight excluding hydrogens is 330 g/mol. The van der Waals surface area contributed by atoms with Crippen LogP contribution in [0.3, 0.4) is 0 Å². The summed E-state index contributed by atoms with van der Waals surface area (Å²) in [5.41, 5.74) is 0.528. The number of nitrogens with one attached hydrogen (secondary N) is 1. The normalized spacial score (nSPS) is 26.0. The first-order valence-electron chi connectivity index (χ1n) is 7.40. The highest BCUT2D eigenvalue weighted by Crippen LogP contribution is 2.31. The van der Waals surface area contributed by atoms with Crippen molar-refractivity contribution in [1.82, 2.24) is 5.32 Å². The number of aliphatic hydroxyl groups is 1. The topological polar surface area (TPSA) is 49.3 Å². The minimum Gasteiger partial charge on any atom is -0.394 e. The molecule has 0 spiro atoms. The molecule has 21 heavy (non-hydrogen) atoms. The Balaban J connectivity index is 1.97. The van der Waals surface area contributed by atoms with E-state index >= 15 is 0 Å². The molecule has 1 amide bonds. The van der Waals surface area contributed by atoms with Gasteiger partial charge in [-0.2, -0.15) is 0 Å². The fourth-order valence-corrected chi connectivity index (χ4v) is 3.14. The van der Waals surface area contributed by atoms with Crippen molar-refractivity contribution < 1.29 is 9.90 Å². The van der Waals surface area contributed by atoms with Crippen molar-refractivity contribution in [2.45, 2.75) is 38.1 Å². The molecule has 0 radical (unpaired) electrons. The molecule has 0 saturated heterocycles. The number of hydrogen-bond acceptors (Lipinski definition) is 2. The number of carbonyl (C=O) groups is 1. The second-order valence-corrected chi connectivity index (χ2v) is 6.91. The number of amides is 1. The van der Waals surface area contributed by atoms with E-state index in [-0.39, 0.29) is 12.5 Å². The lowest BCUT2D eigenvalue weighted by atomic mass is 9.77. The molecule has 1 saturated carbocycles. The maximum Gasteiger partial charge on any atom is 0.244 e. The molecule has 4 heteroatoms. The standard InChI is InChI=1S/C17H22BrNO2/c1-13-7-9-17(12-20,10-8-13)19-16(21)6-5-14-3-2-4-15(18)11-14/h2-6,11,13,20H,7-10,12H2,1H3,(H,19,21). The van der Waals surface area contributed by atoms with Gasteiger partial charge in [0.2, 0.25) is 5.91 Å². The summed E-state index contributed by atoms with van der Waals surface area (Å²) in [6, 6.07) is 7.77. The fourth-order valence-electron chi connectivity index (χ4n) is 2.72. The smallest absolute Gasteiger partial charge is 0.244 e. The molecule has 0 bridgehead atoms. The molecule has 0 unspecified atom stereocenters. The third-order valence-corrected chi connectivity index (χ3v) is 4.69. The van der Waals surface area contributed by atoms with Gasteiger partial charge in [0.05, 0.1) is 12.1 Å². The summed E-state index contributed by atoms with van der Waals surface area (Å²) < 4.78 is 0.984. The largest absolute Gasteiger partial charge is 0.394 e. The predicted octanol–water partition coefficient (Wildman–Crippen LogP) is 3.52. The zero-order valence-corrected chi connectivity index (χ0v) is 13.9. The van der Waals surface area contributed by atoms with Crippen LogP contribution in [0.4, 0.5) is 0 Å². The molecule has 1 aliphatic rings. The number of halogens is 1. The summed E-state index contributed by atoms with van der Waals surface area (Å²) in [5, 5.41) is 12.7. The molecule has 1 aromatic rings. The van der Waals surface area contributed by atoms with E-state index in [0.29, 0.717) is 5.92 Å². The van der Waals surface area contributed by atoms with E-state index in [0.717, 1.165) is 35.7 Å². The molecule has 1 fully saturated rings. The Morgan fingerprint density at radius 2 is 2.19 bits per heavy atom. The van der Waals surface area contributed by atoms with E-state index in [1.165, 1.54) is 6.08 Å². The van der Waals surface area contributed by atoms with Gasteiger partial charge in [-0.3, -0.25) is 4.79 Å². The van der Waals surface area contributed by atoms with Crippen molar-refractivity contribution in [1.29, 1.82) is 0 Å².